The maximum atomic E-state index is 13.0. The molecule has 1 aromatic carbocycles. The van der Waals surface area contributed by atoms with E-state index in [9.17, 15) is 4.39 Å². The molecule has 0 heterocycles. The van der Waals surface area contributed by atoms with Gasteiger partial charge in [0.2, 0.25) is 0 Å². The highest BCUT2D eigenvalue weighted by molar-refractivity contribution is 5.16. The third-order valence-electron chi connectivity index (χ3n) is 7.85. The maximum Gasteiger partial charge on any atom is 0.123 e. The molecule has 0 spiro atoms. The number of unbranched alkanes of at least 4 members (excludes halogenated alkanes) is 1. The molecule has 0 bridgehead atoms. The molecule has 3 rings (SSSR count). The predicted octanol–water partition coefficient (Wildman–Crippen LogP) is 8.57. The minimum atomic E-state index is -0.132. The van der Waals surface area contributed by atoms with Crippen molar-refractivity contribution in [2.45, 2.75) is 89.9 Å². The molecule has 0 unspecified atom stereocenters. The van der Waals surface area contributed by atoms with Gasteiger partial charge in [0.1, 0.15) is 5.82 Å². The molecule has 0 atom stereocenters. The summed E-state index contributed by atoms with van der Waals surface area (Å²) in [5.41, 5.74) is 1.27. The van der Waals surface area contributed by atoms with Crippen LogP contribution in [0.2, 0.25) is 0 Å². The monoisotopic (exact) mass is 421 g/mol. The van der Waals surface area contributed by atoms with Gasteiger partial charge in [-0.3, -0.25) is 0 Å². The molecular weight excluding hydrogens is 381 g/mol. The summed E-state index contributed by atoms with van der Waals surface area (Å²) < 4.78 is 13.0. The molecule has 0 aromatic heterocycles. The zero-order valence-electron chi connectivity index (χ0n) is 19.2. The smallest absolute Gasteiger partial charge is 0.123 e. The Morgan fingerprint density at radius 1 is 0.806 bits per heavy atom. The van der Waals surface area contributed by atoms with E-state index in [0.29, 0.717) is 0 Å². The Hall–Kier alpha value is -1.88. The van der Waals surface area contributed by atoms with Crippen LogP contribution in [0.15, 0.2) is 48.6 Å². The Balaban J connectivity index is 1.24. The van der Waals surface area contributed by atoms with E-state index in [0.717, 1.165) is 36.5 Å². The number of hydrogen-bond donors (Lipinski definition) is 0. The van der Waals surface area contributed by atoms with Gasteiger partial charge in [0.05, 0.1) is 6.07 Å². The molecule has 0 aliphatic heterocycles. The summed E-state index contributed by atoms with van der Waals surface area (Å²) in [5, 5.41) is 8.49. The second-order valence-electron chi connectivity index (χ2n) is 9.93. The van der Waals surface area contributed by atoms with Crippen LogP contribution >= 0.6 is 0 Å². The van der Waals surface area contributed by atoms with Gasteiger partial charge in [-0.15, -0.1) is 0 Å². The lowest BCUT2D eigenvalue weighted by Gasteiger charge is -2.38. The molecule has 0 N–H and O–H groups in total. The molecule has 2 heteroatoms. The molecule has 1 aromatic rings. The molecule has 168 valence electrons. The molecule has 2 aliphatic carbocycles. The normalized spacial score (nSPS) is 27.0. The van der Waals surface area contributed by atoms with Gasteiger partial charge in [0, 0.05) is 6.08 Å². The third-order valence-corrected chi connectivity index (χ3v) is 7.85. The third kappa shape index (κ3) is 8.64. The van der Waals surface area contributed by atoms with Crippen molar-refractivity contribution in [1.82, 2.24) is 0 Å². The number of benzene rings is 1. The summed E-state index contributed by atoms with van der Waals surface area (Å²) in [5.74, 6) is 3.71. The number of aryl methyl sites for hydroxylation is 1. The number of nitriles is 1. The van der Waals surface area contributed by atoms with Crippen molar-refractivity contribution in [3.05, 3.63) is 60.0 Å². The number of nitrogens with zero attached hydrogens (tertiary/aromatic N) is 1. The van der Waals surface area contributed by atoms with Gasteiger partial charge in [0.25, 0.3) is 0 Å². The SMILES string of the molecule is N#C/C=C/C=C/CCC1CCC([C@H]2CC[C@H](CCCCc3ccc(F)cc3)CC2)CC1. The fourth-order valence-corrected chi connectivity index (χ4v) is 5.92. The van der Waals surface area contributed by atoms with Crippen LogP contribution in [0.1, 0.15) is 89.0 Å². The van der Waals surface area contributed by atoms with Crippen molar-refractivity contribution in [2.24, 2.45) is 23.7 Å². The van der Waals surface area contributed by atoms with E-state index in [-0.39, 0.29) is 5.82 Å². The minimum Gasteiger partial charge on any atom is -0.207 e. The van der Waals surface area contributed by atoms with Gasteiger partial charge < -0.3 is 0 Å². The molecule has 2 saturated carbocycles. The number of rotatable bonds is 10. The Bertz CT molecular complexity index is 710. The van der Waals surface area contributed by atoms with E-state index in [1.807, 2.05) is 30.4 Å². The first-order chi connectivity index (χ1) is 15.2. The lowest BCUT2D eigenvalue weighted by atomic mass is 9.68. The molecule has 0 radical (unpaired) electrons. The maximum absolute atomic E-state index is 13.0. The van der Waals surface area contributed by atoms with Gasteiger partial charge in [-0.2, -0.15) is 5.26 Å². The van der Waals surface area contributed by atoms with E-state index < -0.39 is 0 Å². The van der Waals surface area contributed by atoms with Crippen molar-refractivity contribution in [3.63, 3.8) is 0 Å². The summed E-state index contributed by atoms with van der Waals surface area (Å²) in [7, 11) is 0. The first-order valence-corrected chi connectivity index (χ1v) is 12.7. The molecule has 1 nitrogen and oxygen atoms in total. The highest BCUT2D eigenvalue weighted by Gasteiger charge is 2.30. The van der Waals surface area contributed by atoms with Gasteiger partial charge in [-0.25, -0.2) is 4.39 Å². The van der Waals surface area contributed by atoms with E-state index in [1.54, 1.807) is 12.1 Å². The molecule has 0 saturated heterocycles. The van der Waals surface area contributed by atoms with Gasteiger partial charge in [-0.05, 0) is 92.7 Å². The number of halogens is 1. The number of allylic oxidation sites excluding steroid dienone is 4. The van der Waals surface area contributed by atoms with Gasteiger partial charge in [0.15, 0.2) is 0 Å². The second-order valence-corrected chi connectivity index (χ2v) is 9.93. The van der Waals surface area contributed by atoms with Crippen LogP contribution < -0.4 is 0 Å². The number of hydrogen-bond acceptors (Lipinski definition) is 1. The lowest BCUT2D eigenvalue weighted by Crippen LogP contribution is -2.25. The molecule has 31 heavy (non-hydrogen) atoms. The zero-order chi connectivity index (χ0) is 21.7. The standard InChI is InChI=1S/C29H40FN/c30-29-21-15-26(16-22-29)10-6-5-9-25-13-19-28(20-14-25)27-17-11-24(12-18-27)8-4-2-1-3-7-23-31/h1-3,7,15-16,21-22,24-25,27-28H,4-6,8-14,17-20H2/b2-1+,7-3+/t24?,25-,27?,28-. The molecular formula is C29H40FN. The predicted molar refractivity (Wildman–Crippen MR) is 128 cm³/mol. The first kappa shape index (κ1) is 23.8. The first-order valence-electron chi connectivity index (χ1n) is 12.7. The van der Waals surface area contributed by atoms with Crippen LogP contribution in [0.5, 0.6) is 0 Å². The van der Waals surface area contributed by atoms with Gasteiger partial charge >= 0.3 is 0 Å². The Morgan fingerprint density at radius 2 is 1.42 bits per heavy atom. The molecule has 0 amide bonds. The summed E-state index contributed by atoms with van der Waals surface area (Å²) in [6.07, 6.45) is 26.7. The zero-order valence-corrected chi connectivity index (χ0v) is 19.2. The van der Waals surface area contributed by atoms with Gasteiger partial charge in [-0.1, -0.05) is 68.9 Å². The Morgan fingerprint density at radius 3 is 2.03 bits per heavy atom. The highest BCUT2D eigenvalue weighted by Crippen LogP contribution is 2.43. The van der Waals surface area contributed by atoms with E-state index in [4.69, 9.17) is 5.26 Å². The van der Waals surface area contributed by atoms with Crippen LogP contribution in [0.25, 0.3) is 0 Å². The second kappa shape index (κ2) is 13.5. The van der Waals surface area contributed by atoms with Crippen molar-refractivity contribution in [3.8, 4) is 6.07 Å². The Labute approximate surface area is 189 Å². The van der Waals surface area contributed by atoms with Crippen molar-refractivity contribution < 1.29 is 4.39 Å². The van der Waals surface area contributed by atoms with Crippen molar-refractivity contribution in [1.29, 1.82) is 5.26 Å². The molecule has 2 fully saturated rings. The van der Waals surface area contributed by atoms with Crippen LogP contribution in [0, 0.1) is 40.8 Å². The van der Waals surface area contributed by atoms with E-state index in [2.05, 4.69) is 6.08 Å². The fourth-order valence-electron chi connectivity index (χ4n) is 5.92. The van der Waals surface area contributed by atoms with E-state index in [1.165, 1.54) is 88.7 Å². The largest absolute Gasteiger partial charge is 0.207 e. The Kier molecular flexibility index (Phi) is 10.4. The lowest BCUT2D eigenvalue weighted by molar-refractivity contribution is 0.140. The van der Waals surface area contributed by atoms with Crippen molar-refractivity contribution in [2.75, 3.05) is 0 Å². The topological polar surface area (TPSA) is 23.8 Å². The van der Waals surface area contributed by atoms with Crippen LogP contribution in [-0.2, 0) is 6.42 Å². The van der Waals surface area contributed by atoms with E-state index >= 15 is 0 Å². The highest BCUT2D eigenvalue weighted by atomic mass is 19.1. The average Bonchev–Trinajstić information content (AvgIpc) is 2.81. The van der Waals surface area contributed by atoms with Crippen LogP contribution in [0.3, 0.4) is 0 Å². The summed E-state index contributed by atoms with van der Waals surface area (Å²) in [4.78, 5) is 0. The summed E-state index contributed by atoms with van der Waals surface area (Å²) >= 11 is 0. The summed E-state index contributed by atoms with van der Waals surface area (Å²) in [6.45, 7) is 0. The molecule has 2 aliphatic rings. The van der Waals surface area contributed by atoms with Crippen molar-refractivity contribution >= 4 is 0 Å². The fraction of sp³-hybridized carbons (Fsp3) is 0.621. The quantitative estimate of drug-likeness (QED) is 0.211. The van der Waals surface area contributed by atoms with Crippen LogP contribution in [0.4, 0.5) is 4.39 Å². The average molecular weight is 422 g/mol. The summed E-state index contributed by atoms with van der Waals surface area (Å²) in [6, 6.07) is 9.05. The minimum absolute atomic E-state index is 0.132. The van der Waals surface area contributed by atoms with Crippen LogP contribution in [-0.4, -0.2) is 0 Å².